The summed E-state index contributed by atoms with van der Waals surface area (Å²) in [5.41, 5.74) is -1.66. The van der Waals surface area contributed by atoms with Crippen molar-refractivity contribution in [2.24, 2.45) is 50.2 Å². The summed E-state index contributed by atoms with van der Waals surface area (Å²) < 4.78 is 46.9. The first kappa shape index (κ1) is 54.3. The molecule has 7 fully saturated rings. The second kappa shape index (κ2) is 19.3. The number of allylic oxidation sites excluding steroid dienone is 2. The number of rotatable bonds is 10. The highest BCUT2D eigenvalue weighted by atomic mass is 16.8. The lowest BCUT2D eigenvalue weighted by molar-refractivity contribution is -0.396. The van der Waals surface area contributed by atoms with Gasteiger partial charge in [0.25, 0.3) is 0 Å². The van der Waals surface area contributed by atoms with Crippen molar-refractivity contribution in [3.05, 3.63) is 11.6 Å². The van der Waals surface area contributed by atoms with E-state index in [1.165, 1.54) is 19.6 Å². The first-order valence-corrected chi connectivity index (χ1v) is 25.2. The molecule has 3 heterocycles. The van der Waals surface area contributed by atoms with Crippen molar-refractivity contribution in [2.45, 2.75) is 211 Å². The number of methoxy groups -OCH3 is 2. The number of aliphatic hydroxyl groups excluding tert-OH is 10. The Morgan fingerprint density at radius 3 is 1.93 bits per heavy atom. The average Bonchev–Trinajstić information content (AvgIpc) is 3.32. The van der Waals surface area contributed by atoms with Crippen LogP contribution < -0.4 is 0 Å². The molecule has 400 valence electrons. The molecular formula is C50H80O20. The number of ether oxygens (including phenoxy) is 8. The summed E-state index contributed by atoms with van der Waals surface area (Å²) in [7, 11) is 2.48. The fourth-order valence-corrected chi connectivity index (χ4v) is 15.4. The quantitative estimate of drug-likeness (QED) is 0.0779. The van der Waals surface area contributed by atoms with E-state index in [4.69, 9.17) is 37.9 Å². The minimum Gasteiger partial charge on any atom is -0.469 e. The summed E-state index contributed by atoms with van der Waals surface area (Å²) in [6.07, 6.45) is -19.0. The second-order valence-corrected chi connectivity index (χ2v) is 23.7. The molecule has 0 amide bonds. The summed E-state index contributed by atoms with van der Waals surface area (Å²) in [5, 5.41) is 111. The number of hydrogen-bond acceptors (Lipinski definition) is 20. The molecule has 5 aliphatic carbocycles. The van der Waals surface area contributed by atoms with E-state index in [1.54, 1.807) is 0 Å². The fraction of sp³-hybridized carbons (Fsp3) is 0.920. The van der Waals surface area contributed by atoms with Crippen molar-refractivity contribution in [3.8, 4) is 0 Å². The first-order valence-electron chi connectivity index (χ1n) is 25.2. The van der Waals surface area contributed by atoms with Gasteiger partial charge in [-0.05, 0) is 106 Å². The van der Waals surface area contributed by atoms with Crippen molar-refractivity contribution in [1.29, 1.82) is 0 Å². The van der Waals surface area contributed by atoms with Crippen LogP contribution in [0, 0.1) is 50.2 Å². The van der Waals surface area contributed by atoms with Crippen molar-refractivity contribution in [2.75, 3.05) is 27.4 Å². The van der Waals surface area contributed by atoms with E-state index in [2.05, 4.69) is 33.8 Å². The van der Waals surface area contributed by atoms with Gasteiger partial charge in [-0.3, -0.25) is 4.79 Å². The fourth-order valence-electron chi connectivity index (χ4n) is 15.4. The minimum absolute atomic E-state index is 0.0240. The monoisotopic (exact) mass is 1000 g/mol. The third kappa shape index (κ3) is 8.25. The maximum atomic E-state index is 13.2. The van der Waals surface area contributed by atoms with Crippen LogP contribution in [0.4, 0.5) is 0 Å². The standard InChI is InChI=1S/C50H80O20/c1-22-30(54)32(56)36(60)41(65-22)69-38-33(57)31(55)25(20-51)66-42(38)70-39-35(59)34(58)37(40(61)63-8)68-43(39)67-29-13-14-47(4)26(48(29,5)21-52)12-15-50(7)27(47)11-10-23-24-18-45(2,44(62)64-9)19-28(53)46(24,3)16-17-49(23,50)6/h10,22,24-39,41-43,51-60H,11-21H2,1-9H3/t22-,24-,25+,26?,27+,28+,29-,30-,31+,32+,33-,34-,35-,36+,37-,38+,39+,41-,42-,43+,45-,46+,47-,48+,49+,50+/m0/s1. The van der Waals surface area contributed by atoms with E-state index in [1.807, 2.05) is 13.8 Å². The van der Waals surface area contributed by atoms with Gasteiger partial charge < -0.3 is 89.0 Å². The van der Waals surface area contributed by atoms with Crippen LogP contribution in [0.2, 0.25) is 0 Å². The molecule has 0 radical (unpaired) electrons. The molecule has 8 aliphatic rings. The van der Waals surface area contributed by atoms with E-state index >= 15 is 0 Å². The van der Waals surface area contributed by atoms with E-state index < -0.39 is 133 Å². The van der Waals surface area contributed by atoms with Gasteiger partial charge in [-0.1, -0.05) is 46.3 Å². The van der Waals surface area contributed by atoms with Crippen molar-refractivity contribution >= 4 is 11.9 Å². The largest absolute Gasteiger partial charge is 0.469 e. The highest BCUT2D eigenvalue weighted by Gasteiger charge is 2.70. The Morgan fingerprint density at radius 1 is 0.657 bits per heavy atom. The van der Waals surface area contributed by atoms with Gasteiger partial charge in [0.15, 0.2) is 25.0 Å². The molecule has 26 atom stereocenters. The molecule has 10 N–H and O–H groups in total. The van der Waals surface area contributed by atoms with E-state index in [9.17, 15) is 60.7 Å². The van der Waals surface area contributed by atoms with Crippen LogP contribution in [0.5, 0.6) is 0 Å². The van der Waals surface area contributed by atoms with Crippen LogP contribution >= 0.6 is 0 Å². The molecular weight excluding hydrogens is 921 g/mol. The van der Waals surface area contributed by atoms with Gasteiger partial charge >= 0.3 is 11.9 Å². The minimum atomic E-state index is -1.97. The number of carbonyl (C=O) groups excluding carboxylic acids is 2. The maximum absolute atomic E-state index is 13.2. The lowest BCUT2D eigenvalue weighted by atomic mass is 9.33. The van der Waals surface area contributed by atoms with Crippen LogP contribution in [0.15, 0.2) is 11.6 Å². The third-order valence-electron chi connectivity index (χ3n) is 20.2. The topological polar surface area (TPSA) is 310 Å². The molecule has 8 rings (SSSR count). The zero-order valence-electron chi connectivity index (χ0n) is 42.0. The lowest BCUT2D eigenvalue weighted by Crippen LogP contribution is -2.68. The Morgan fingerprint density at radius 2 is 1.30 bits per heavy atom. The lowest BCUT2D eigenvalue weighted by Gasteiger charge is -2.71. The Kier molecular flexibility index (Phi) is 15.0. The van der Waals surface area contributed by atoms with Crippen LogP contribution in [0.1, 0.15) is 106 Å². The van der Waals surface area contributed by atoms with Gasteiger partial charge in [-0.25, -0.2) is 4.79 Å². The molecule has 0 aromatic carbocycles. The number of hydrogen-bond donors (Lipinski definition) is 10. The third-order valence-corrected chi connectivity index (χ3v) is 20.2. The molecule has 0 aromatic rings. The van der Waals surface area contributed by atoms with Crippen LogP contribution in [0.3, 0.4) is 0 Å². The zero-order chi connectivity index (χ0) is 51.4. The molecule has 0 bridgehead atoms. The molecule has 1 unspecified atom stereocenters. The normalized spacial score (nSPS) is 54.6. The summed E-state index contributed by atoms with van der Waals surface area (Å²) in [5.74, 6) is -1.32. The average molecular weight is 1000 g/mol. The molecule has 3 aliphatic heterocycles. The Balaban J connectivity index is 1.09. The number of fused-ring (bicyclic) bond motifs is 7. The van der Waals surface area contributed by atoms with E-state index in [-0.39, 0.29) is 46.6 Å². The molecule has 0 spiro atoms. The smallest absolute Gasteiger partial charge is 0.337 e. The number of aliphatic hydroxyl groups is 10. The number of carbonyl (C=O) groups is 2. The Labute approximate surface area is 409 Å². The van der Waals surface area contributed by atoms with Gasteiger partial charge in [0, 0.05) is 10.8 Å². The van der Waals surface area contributed by atoms with Crippen LogP contribution in [0.25, 0.3) is 0 Å². The molecule has 70 heavy (non-hydrogen) atoms. The highest BCUT2D eigenvalue weighted by Crippen LogP contribution is 2.76. The van der Waals surface area contributed by atoms with Gasteiger partial charge in [0.2, 0.25) is 0 Å². The summed E-state index contributed by atoms with van der Waals surface area (Å²) >= 11 is 0. The van der Waals surface area contributed by atoms with E-state index in [0.29, 0.717) is 32.1 Å². The predicted molar refractivity (Wildman–Crippen MR) is 241 cm³/mol. The van der Waals surface area contributed by atoms with Gasteiger partial charge in [0.1, 0.15) is 61.0 Å². The van der Waals surface area contributed by atoms with Crippen molar-refractivity contribution in [3.63, 3.8) is 0 Å². The molecule has 20 nitrogen and oxygen atoms in total. The zero-order valence-corrected chi connectivity index (χ0v) is 42.0. The van der Waals surface area contributed by atoms with Gasteiger partial charge in [0.05, 0.1) is 51.2 Å². The van der Waals surface area contributed by atoms with Crippen molar-refractivity contribution in [1.82, 2.24) is 0 Å². The summed E-state index contributed by atoms with van der Waals surface area (Å²) in [4.78, 5) is 26.3. The SMILES string of the molecule is COC(=O)[C@H]1O[C@@H](O[C@H]2CC[C@@]3(C)C(CC[C@]4(C)[C@@H]3CC=C3[C@@H]5C[C@](C)(C(=O)OC)C[C@@H](O)[C@]5(C)CC[C@]34C)[C@@]2(C)CO)[C@H](O[C@@H]2O[C@H](CO)[C@@H](O)[C@H](O)[C@H]2O[C@@H]2O[C@@H](C)[C@H](O)[C@@H](O)[C@H]2O)[C@@H](O)[C@@H]1O. The van der Waals surface area contributed by atoms with Gasteiger partial charge in [-0.15, -0.1) is 0 Å². The Bertz CT molecular complexity index is 1960. The van der Waals surface area contributed by atoms with E-state index in [0.717, 1.165) is 32.8 Å². The highest BCUT2D eigenvalue weighted by molar-refractivity contribution is 5.77. The predicted octanol–water partition coefficient (Wildman–Crippen LogP) is -0.0539. The molecule has 0 aromatic heterocycles. The first-order chi connectivity index (χ1) is 32.7. The van der Waals surface area contributed by atoms with Crippen LogP contribution in [-0.2, 0) is 47.5 Å². The summed E-state index contributed by atoms with van der Waals surface area (Å²) in [6.45, 7) is 13.4. The Hall–Kier alpha value is -1.96. The number of esters is 2. The molecule has 20 heteroatoms. The second-order valence-electron chi connectivity index (χ2n) is 23.7. The molecule has 3 saturated heterocycles. The summed E-state index contributed by atoms with van der Waals surface area (Å²) in [6, 6.07) is 0. The molecule has 4 saturated carbocycles. The van der Waals surface area contributed by atoms with Crippen LogP contribution in [-0.4, -0.2) is 195 Å². The van der Waals surface area contributed by atoms with Gasteiger partial charge in [-0.2, -0.15) is 0 Å². The van der Waals surface area contributed by atoms with Crippen molar-refractivity contribution < 1.29 is 98.5 Å². The maximum Gasteiger partial charge on any atom is 0.337 e.